The van der Waals surface area contributed by atoms with E-state index in [0.717, 1.165) is 22.4 Å². The number of halogens is 1. The highest BCUT2D eigenvalue weighted by atomic mass is 35.5. The number of aromatic nitrogens is 4. The van der Waals surface area contributed by atoms with Crippen molar-refractivity contribution < 1.29 is 0 Å². The van der Waals surface area contributed by atoms with Gasteiger partial charge in [0.15, 0.2) is 5.82 Å². The van der Waals surface area contributed by atoms with E-state index < -0.39 is 0 Å². The van der Waals surface area contributed by atoms with E-state index in [1.54, 1.807) is 16.8 Å². The topological polar surface area (TPSA) is 69.6 Å². The van der Waals surface area contributed by atoms with Crippen molar-refractivity contribution in [2.75, 3.05) is 5.73 Å². The van der Waals surface area contributed by atoms with Crippen molar-refractivity contribution in [3.8, 4) is 17.1 Å². The Hall–Kier alpha value is -2.40. The molecule has 0 unspecified atom stereocenters. The molecular weight excluding hydrogens is 286 g/mol. The Morgan fingerprint density at radius 1 is 1.10 bits per heavy atom. The van der Waals surface area contributed by atoms with Crippen LogP contribution in [0.5, 0.6) is 0 Å². The fourth-order valence-corrected chi connectivity index (χ4v) is 2.56. The number of benzene rings is 2. The normalized spacial score (nSPS) is 10.8. The summed E-state index contributed by atoms with van der Waals surface area (Å²) in [5.41, 5.74) is 10.5. The van der Waals surface area contributed by atoms with Crippen LogP contribution in [0, 0.1) is 13.8 Å². The summed E-state index contributed by atoms with van der Waals surface area (Å²) in [5, 5.41) is 12.6. The van der Waals surface area contributed by atoms with Crippen molar-refractivity contribution in [1.82, 2.24) is 20.2 Å². The Bertz CT molecular complexity index is 789. The number of para-hydroxylation sites is 1. The number of aryl methyl sites for hydroxylation is 2. The molecule has 1 aromatic heterocycles. The number of nitrogen functional groups attached to an aromatic ring is 1. The quantitative estimate of drug-likeness (QED) is 0.738. The molecule has 3 aromatic rings. The number of tetrazole rings is 1. The molecule has 1 heterocycles. The molecular formula is C15H14ClN5. The lowest BCUT2D eigenvalue weighted by Gasteiger charge is -2.12. The maximum absolute atomic E-state index is 6.04. The number of hydrogen-bond acceptors (Lipinski definition) is 4. The van der Waals surface area contributed by atoms with E-state index in [4.69, 9.17) is 17.3 Å². The van der Waals surface area contributed by atoms with Crippen molar-refractivity contribution in [1.29, 1.82) is 0 Å². The summed E-state index contributed by atoms with van der Waals surface area (Å²) in [7, 11) is 0. The molecule has 0 aliphatic carbocycles. The highest BCUT2D eigenvalue weighted by Gasteiger charge is 2.16. The second-order valence-corrected chi connectivity index (χ2v) is 5.32. The minimum Gasteiger partial charge on any atom is -0.398 e. The van der Waals surface area contributed by atoms with E-state index in [1.165, 1.54) is 0 Å². The van der Waals surface area contributed by atoms with Gasteiger partial charge in [-0.05, 0) is 53.6 Å². The number of nitrogens with zero attached hydrogens (tertiary/aromatic N) is 4. The highest BCUT2D eigenvalue weighted by Crippen LogP contribution is 2.29. The molecule has 0 saturated heterocycles. The predicted molar refractivity (Wildman–Crippen MR) is 83.5 cm³/mol. The molecule has 0 radical (unpaired) electrons. The minimum atomic E-state index is 0.546. The predicted octanol–water partition coefficient (Wildman–Crippen LogP) is 3.18. The van der Waals surface area contributed by atoms with Gasteiger partial charge < -0.3 is 5.73 Å². The number of hydrogen-bond donors (Lipinski definition) is 1. The van der Waals surface area contributed by atoms with Crippen molar-refractivity contribution in [3.05, 3.63) is 52.5 Å². The Kier molecular flexibility index (Phi) is 3.35. The van der Waals surface area contributed by atoms with Crippen LogP contribution in [0.15, 0.2) is 36.4 Å². The van der Waals surface area contributed by atoms with Crippen LogP contribution in [-0.2, 0) is 0 Å². The van der Waals surface area contributed by atoms with Gasteiger partial charge in [0.1, 0.15) is 0 Å². The Morgan fingerprint density at radius 3 is 2.48 bits per heavy atom. The molecule has 106 valence electrons. The average Bonchev–Trinajstić information content (AvgIpc) is 2.87. The van der Waals surface area contributed by atoms with Crippen LogP contribution in [0.3, 0.4) is 0 Å². The van der Waals surface area contributed by atoms with Gasteiger partial charge in [-0.2, -0.15) is 4.68 Å². The van der Waals surface area contributed by atoms with E-state index in [-0.39, 0.29) is 0 Å². The van der Waals surface area contributed by atoms with Gasteiger partial charge in [-0.1, -0.05) is 29.8 Å². The fourth-order valence-electron chi connectivity index (χ4n) is 2.38. The molecule has 6 heteroatoms. The van der Waals surface area contributed by atoms with Gasteiger partial charge in [0.05, 0.1) is 5.69 Å². The summed E-state index contributed by atoms with van der Waals surface area (Å²) in [6.45, 7) is 4.05. The summed E-state index contributed by atoms with van der Waals surface area (Å²) in [4.78, 5) is 0. The molecule has 0 atom stereocenters. The summed E-state index contributed by atoms with van der Waals surface area (Å²) >= 11 is 5.95. The van der Waals surface area contributed by atoms with Crippen molar-refractivity contribution >= 4 is 17.3 Å². The third-order valence-corrected chi connectivity index (χ3v) is 3.61. The van der Waals surface area contributed by atoms with Crippen molar-refractivity contribution in [3.63, 3.8) is 0 Å². The highest BCUT2D eigenvalue weighted by molar-refractivity contribution is 6.31. The van der Waals surface area contributed by atoms with E-state index in [0.29, 0.717) is 16.5 Å². The van der Waals surface area contributed by atoms with E-state index in [2.05, 4.69) is 15.5 Å². The lowest BCUT2D eigenvalue weighted by Crippen LogP contribution is -2.05. The Labute approximate surface area is 127 Å². The van der Waals surface area contributed by atoms with Gasteiger partial charge in [0.2, 0.25) is 0 Å². The van der Waals surface area contributed by atoms with Gasteiger partial charge in [-0.3, -0.25) is 0 Å². The zero-order valence-corrected chi connectivity index (χ0v) is 12.5. The van der Waals surface area contributed by atoms with E-state index >= 15 is 0 Å². The average molecular weight is 300 g/mol. The van der Waals surface area contributed by atoms with Crippen LogP contribution < -0.4 is 5.73 Å². The standard InChI is InChI=1S/C15H14ClN5/c1-9-4-3-5-10(2)14(9)21-15(18-19-20-21)12-7-6-11(16)8-13(12)17/h3-8H,17H2,1-2H3. The zero-order valence-electron chi connectivity index (χ0n) is 11.7. The molecule has 0 aliphatic rings. The van der Waals surface area contributed by atoms with Gasteiger partial charge in [-0.15, -0.1) is 5.10 Å². The lowest BCUT2D eigenvalue weighted by atomic mass is 10.1. The molecule has 2 aromatic carbocycles. The minimum absolute atomic E-state index is 0.546. The van der Waals surface area contributed by atoms with Crippen LogP contribution in [0.2, 0.25) is 5.02 Å². The Balaban J connectivity index is 2.22. The molecule has 21 heavy (non-hydrogen) atoms. The second kappa shape index (κ2) is 5.18. The lowest BCUT2D eigenvalue weighted by molar-refractivity contribution is 0.783. The van der Waals surface area contributed by atoms with Gasteiger partial charge in [0, 0.05) is 16.3 Å². The van der Waals surface area contributed by atoms with Crippen LogP contribution in [0.25, 0.3) is 17.1 Å². The first-order valence-electron chi connectivity index (χ1n) is 6.48. The first-order chi connectivity index (χ1) is 10.1. The summed E-state index contributed by atoms with van der Waals surface area (Å²) < 4.78 is 1.71. The van der Waals surface area contributed by atoms with E-state index in [9.17, 15) is 0 Å². The SMILES string of the molecule is Cc1cccc(C)c1-n1nnnc1-c1ccc(Cl)cc1N. The molecule has 0 aliphatic heterocycles. The molecule has 5 nitrogen and oxygen atoms in total. The van der Waals surface area contributed by atoms with Gasteiger partial charge in [0.25, 0.3) is 0 Å². The number of anilines is 1. The van der Waals surface area contributed by atoms with Gasteiger partial charge >= 0.3 is 0 Å². The monoisotopic (exact) mass is 299 g/mol. The molecule has 2 N–H and O–H groups in total. The third-order valence-electron chi connectivity index (χ3n) is 3.38. The molecule has 0 fully saturated rings. The number of nitrogens with two attached hydrogens (primary N) is 1. The maximum atomic E-state index is 6.04. The second-order valence-electron chi connectivity index (χ2n) is 4.89. The van der Waals surface area contributed by atoms with Crippen LogP contribution in [-0.4, -0.2) is 20.2 Å². The first kappa shape index (κ1) is 13.6. The fraction of sp³-hybridized carbons (Fsp3) is 0.133. The smallest absolute Gasteiger partial charge is 0.189 e. The third kappa shape index (κ3) is 2.36. The molecule has 3 rings (SSSR count). The van der Waals surface area contributed by atoms with Crippen LogP contribution in [0.1, 0.15) is 11.1 Å². The van der Waals surface area contributed by atoms with Gasteiger partial charge in [-0.25, -0.2) is 0 Å². The van der Waals surface area contributed by atoms with Crippen LogP contribution >= 0.6 is 11.6 Å². The summed E-state index contributed by atoms with van der Waals surface area (Å²) in [6.07, 6.45) is 0. The maximum Gasteiger partial charge on any atom is 0.189 e. The van der Waals surface area contributed by atoms with Crippen molar-refractivity contribution in [2.24, 2.45) is 0 Å². The Morgan fingerprint density at radius 2 is 1.81 bits per heavy atom. The van der Waals surface area contributed by atoms with Crippen molar-refractivity contribution in [2.45, 2.75) is 13.8 Å². The summed E-state index contributed by atoms with van der Waals surface area (Å²) in [5.74, 6) is 0.599. The summed E-state index contributed by atoms with van der Waals surface area (Å²) in [6, 6.07) is 11.4. The van der Waals surface area contributed by atoms with E-state index in [1.807, 2.05) is 38.1 Å². The largest absolute Gasteiger partial charge is 0.398 e. The number of rotatable bonds is 2. The first-order valence-corrected chi connectivity index (χ1v) is 6.86. The molecule has 0 amide bonds. The zero-order chi connectivity index (χ0) is 15.0. The molecule has 0 bridgehead atoms. The van der Waals surface area contributed by atoms with Crippen LogP contribution in [0.4, 0.5) is 5.69 Å². The molecule has 0 saturated carbocycles. The molecule has 0 spiro atoms.